The molecule has 108 valence electrons. The maximum absolute atomic E-state index is 11.5. The first-order valence-electron chi connectivity index (χ1n) is 6.09. The zero-order chi connectivity index (χ0) is 15.1. The van der Waals surface area contributed by atoms with E-state index in [2.05, 4.69) is 10.1 Å². The molecular weight excluding hydrogens is 262 g/mol. The predicted octanol–water partition coefficient (Wildman–Crippen LogP) is 0.670. The molecule has 0 radical (unpaired) electrons. The fraction of sp³-hybridized carbons (Fsp3) is 0.357. The van der Waals surface area contributed by atoms with Gasteiger partial charge in [0, 0.05) is 13.3 Å². The molecule has 0 unspecified atom stereocenters. The molecule has 0 aliphatic heterocycles. The van der Waals surface area contributed by atoms with Crippen molar-refractivity contribution in [2.75, 3.05) is 6.61 Å². The van der Waals surface area contributed by atoms with Crippen molar-refractivity contribution in [3.63, 3.8) is 0 Å². The van der Waals surface area contributed by atoms with E-state index < -0.39 is 30.5 Å². The van der Waals surface area contributed by atoms with E-state index in [1.54, 1.807) is 0 Å². The van der Waals surface area contributed by atoms with Crippen molar-refractivity contribution in [1.82, 2.24) is 5.32 Å². The Morgan fingerprint density at radius 3 is 2.35 bits per heavy atom. The molecule has 0 spiro atoms. The number of amides is 1. The summed E-state index contributed by atoms with van der Waals surface area (Å²) in [4.78, 5) is 33.1. The Morgan fingerprint density at radius 1 is 1.25 bits per heavy atom. The second-order valence-electron chi connectivity index (χ2n) is 4.43. The zero-order valence-corrected chi connectivity index (χ0v) is 11.4. The van der Waals surface area contributed by atoms with Gasteiger partial charge in [-0.25, -0.2) is 4.79 Å². The van der Waals surface area contributed by atoms with E-state index in [1.165, 1.54) is 6.92 Å². The number of ether oxygens (including phenoxy) is 1. The summed E-state index contributed by atoms with van der Waals surface area (Å²) in [5.41, 5.74) is 1.87. The minimum atomic E-state index is -1.14. The molecule has 0 saturated heterocycles. The van der Waals surface area contributed by atoms with Crippen LogP contribution in [-0.4, -0.2) is 35.6 Å². The fourth-order valence-corrected chi connectivity index (χ4v) is 1.56. The molecule has 0 aliphatic rings. The van der Waals surface area contributed by atoms with Gasteiger partial charge in [-0.05, 0) is 12.5 Å². The summed E-state index contributed by atoms with van der Waals surface area (Å²) in [5, 5.41) is 11.4. The number of rotatable bonds is 6. The number of carbonyl (C=O) groups is 3. The van der Waals surface area contributed by atoms with Crippen LogP contribution in [0.5, 0.6) is 0 Å². The van der Waals surface area contributed by atoms with Crippen LogP contribution in [0.15, 0.2) is 24.3 Å². The molecule has 0 saturated carbocycles. The molecule has 20 heavy (non-hydrogen) atoms. The first-order valence-corrected chi connectivity index (χ1v) is 6.09. The summed E-state index contributed by atoms with van der Waals surface area (Å²) in [7, 11) is 0. The van der Waals surface area contributed by atoms with Crippen LogP contribution >= 0.6 is 0 Å². The van der Waals surface area contributed by atoms with Crippen molar-refractivity contribution in [3.05, 3.63) is 35.4 Å². The van der Waals surface area contributed by atoms with Gasteiger partial charge < -0.3 is 15.2 Å². The van der Waals surface area contributed by atoms with Gasteiger partial charge in [-0.1, -0.05) is 29.8 Å². The minimum absolute atomic E-state index is 0.168. The van der Waals surface area contributed by atoms with Crippen LogP contribution in [0.1, 0.15) is 18.1 Å². The fourth-order valence-electron chi connectivity index (χ4n) is 1.56. The van der Waals surface area contributed by atoms with Gasteiger partial charge in [-0.2, -0.15) is 0 Å². The normalized spacial score (nSPS) is 11.5. The maximum atomic E-state index is 11.5. The Bertz CT molecular complexity index is 495. The van der Waals surface area contributed by atoms with Crippen molar-refractivity contribution in [2.45, 2.75) is 26.3 Å². The first kappa shape index (κ1) is 15.7. The Balaban J connectivity index is 2.60. The lowest BCUT2D eigenvalue weighted by atomic mass is 10.0. The van der Waals surface area contributed by atoms with Crippen LogP contribution in [0, 0.1) is 6.92 Å². The average Bonchev–Trinajstić information content (AvgIpc) is 2.38. The lowest BCUT2D eigenvalue weighted by molar-refractivity contribution is -0.148. The molecule has 6 nitrogen and oxygen atoms in total. The lowest BCUT2D eigenvalue weighted by Gasteiger charge is -2.14. The second kappa shape index (κ2) is 7.28. The molecule has 0 aromatic heterocycles. The number of carboxylic acids is 1. The Labute approximate surface area is 116 Å². The highest BCUT2D eigenvalue weighted by Crippen LogP contribution is 2.06. The number of aliphatic carboxylic acids is 1. The molecule has 1 rings (SSSR count). The standard InChI is InChI=1S/C14H17NO5/c1-9-3-5-11(6-4-9)7-12(14(18)19)15-13(17)8-20-10(2)16/h3-6,12H,7-8H2,1-2H3,(H,15,17)(H,18,19)/t12-/m1/s1. The number of esters is 1. The zero-order valence-electron chi connectivity index (χ0n) is 11.4. The average molecular weight is 279 g/mol. The largest absolute Gasteiger partial charge is 0.480 e. The molecular formula is C14H17NO5. The van der Waals surface area contributed by atoms with Gasteiger partial charge >= 0.3 is 11.9 Å². The van der Waals surface area contributed by atoms with Crippen LogP contribution in [0.3, 0.4) is 0 Å². The number of benzene rings is 1. The lowest BCUT2D eigenvalue weighted by Crippen LogP contribution is -2.44. The third-order valence-corrected chi connectivity index (χ3v) is 2.60. The molecule has 1 aromatic rings. The SMILES string of the molecule is CC(=O)OCC(=O)N[C@H](Cc1ccc(C)cc1)C(=O)O. The van der Waals surface area contributed by atoms with Crippen molar-refractivity contribution < 1.29 is 24.2 Å². The number of hydrogen-bond acceptors (Lipinski definition) is 4. The summed E-state index contributed by atoms with van der Waals surface area (Å²) in [6, 6.07) is 6.30. The Morgan fingerprint density at radius 2 is 1.85 bits per heavy atom. The number of carbonyl (C=O) groups excluding carboxylic acids is 2. The van der Waals surface area contributed by atoms with Crippen molar-refractivity contribution >= 4 is 17.8 Å². The van der Waals surface area contributed by atoms with Gasteiger partial charge in [-0.3, -0.25) is 9.59 Å². The summed E-state index contributed by atoms with van der Waals surface area (Å²) in [6.07, 6.45) is 0.168. The van der Waals surface area contributed by atoms with E-state index in [-0.39, 0.29) is 6.42 Å². The molecule has 1 amide bonds. The van der Waals surface area contributed by atoms with Crippen LogP contribution in [0.2, 0.25) is 0 Å². The molecule has 1 aromatic carbocycles. The van der Waals surface area contributed by atoms with E-state index in [4.69, 9.17) is 5.11 Å². The highest BCUT2D eigenvalue weighted by molar-refractivity contribution is 5.85. The maximum Gasteiger partial charge on any atom is 0.326 e. The Kier molecular flexibility index (Phi) is 5.71. The van der Waals surface area contributed by atoms with Crippen LogP contribution < -0.4 is 5.32 Å². The summed E-state index contributed by atoms with van der Waals surface area (Å²) in [5.74, 6) is -2.37. The number of nitrogens with one attached hydrogen (secondary N) is 1. The van der Waals surface area contributed by atoms with Crippen LogP contribution in [0.25, 0.3) is 0 Å². The summed E-state index contributed by atoms with van der Waals surface area (Å²) < 4.78 is 4.51. The van der Waals surface area contributed by atoms with E-state index in [0.717, 1.165) is 11.1 Å². The monoisotopic (exact) mass is 279 g/mol. The predicted molar refractivity (Wildman–Crippen MR) is 71.1 cm³/mol. The van der Waals surface area contributed by atoms with Crippen molar-refractivity contribution in [3.8, 4) is 0 Å². The van der Waals surface area contributed by atoms with E-state index >= 15 is 0 Å². The third-order valence-electron chi connectivity index (χ3n) is 2.60. The van der Waals surface area contributed by atoms with Crippen LogP contribution in [-0.2, 0) is 25.5 Å². The minimum Gasteiger partial charge on any atom is -0.480 e. The quantitative estimate of drug-likeness (QED) is 0.747. The van der Waals surface area contributed by atoms with Crippen LogP contribution in [0.4, 0.5) is 0 Å². The smallest absolute Gasteiger partial charge is 0.326 e. The number of carboxylic acid groups (broad SMARTS) is 1. The molecule has 0 aliphatic carbocycles. The van der Waals surface area contributed by atoms with Gasteiger partial charge in [0.25, 0.3) is 5.91 Å². The van der Waals surface area contributed by atoms with Gasteiger partial charge in [0.2, 0.25) is 0 Å². The van der Waals surface area contributed by atoms with Gasteiger partial charge in [-0.15, -0.1) is 0 Å². The summed E-state index contributed by atoms with van der Waals surface area (Å²) in [6.45, 7) is 2.63. The van der Waals surface area contributed by atoms with Gasteiger partial charge in [0.05, 0.1) is 0 Å². The van der Waals surface area contributed by atoms with E-state index in [1.807, 2.05) is 31.2 Å². The molecule has 0 fully saturated rings. The van der Waals surface area contributed by atoms with E-state index in [9.17, 15) is 14.4 Å². The molecule has 0 bridgehead atoms. The van der Waals surface area contributed by atoms with Gasteiger partial charge in [0.15, 0.2) is 6.61 Å². The molecule has 0 heterocycles. The Hall–Kier alpha value is -2.37. The van der Waals surface area contributed by atoms with Crippen molar-refractivity contribution in [2.24, 2.45) is 0 Å². The topological polar surface area (TPSA) is 92.7 Å². The number of hydrogen-bond donors (Lipinski definition) is 2. The van der Waals surface area contributed by atoms with Crippen molar-refractivity contribution in [1.29, 1.82) is 0 Å². The third kappa shape index (κ3) is 5.51. The highest BCUT2D eigenvalue weighted by atomic mass is 16.5. The van der Waals surface area contributed by atoms with E-state index in [0.29, 0.717) is 0 Å². The molecule has 6 heteroatoms. The number of aryl methyl sites for hydroxylation is 1. The van der Waals surface area contributed by atoms with Gasteiger partial charge in [0.1, 0.15) is 6.04 Å². The molecule has 2 N–H and O–H groups in total. The second-order valence-corrected chi connectivity index (χ2v) is 4.43. The summed E-state index contributed by atoms with van der Waals surface area (Å²) >= 11 is 0. The highest BCUT2D eigenvalue weighted by Gasteiger charge is 2.20. The molecule has 1 atom stereocenters. The first-order chi connectivity index (χ1) is 9.38.